The fourth-order valence-corrected chi connectivity index (χ4v) is 4.67. The molecule has 0 aromatic heterocycles. The van der Waals surface area contributed by atoms with Gasteiger partial charge < -0.3 is 9.84 Å². The number of rotatable bonds is 0. The second kappa shape index (κ2) is 8.76. The maximum absolute atomic E-state index is 12.3. The number of carbonyl (C=O) groups excluding carboxylic acids is 2. The molecular formula is C24H30O4. The first kappa shape index (κ1) is 20.4. The number of allylic oxidation sites excluding steroid dienone is 9. The molecule has 4 heteroatoms. The summed E-state index contributed by atoms with van der Waals surface area (Å²) >= 11 is 0. The second-order valence-corrected chi connectivity index (χ2v) is 8.34. The fraction of sp³-hybridized carbons (Fsp3) is 0.500. The van der Waals surface area contributed by atoms with E-state index in [9.17, 15) is 14.7 Å². The monoisotopic (exact) mass is 382 g/mol. The van der Waals surface area contributed by atoms with Crippen LogP contribution in [0.4, 0.5) is 0 Å². The molecule has 3 rings (SSSR count). The van der Waals surface area contributed by atoms with E-state index in [1.165, 1.54) is 11.6 Å². The Bertz CT molecular complexity index is 767. The summed E-state index contributed by atoms with van der Waals surface area (Å²) in [7, 11) is 0. The van der Waals surface area contributed by atoms with Gasteiger partial charge in [0.1, 0.15) is 12.5 Å². The molecule has 6 atom stereocenters. The van der Waals surface area contributed by atoms with Crippen molar-refractivity contribution in [2.24, 2.45) is 29.6 Å². The van der Waals surface area contributed by atoms with Crippen LogP contribution in [0.5, 0.6) is 0 Å². The molecule has 28 heavy (non-hydrogen) atoms. The van der Waals surface area contributed by atoms with Crippen molar-refractivity contribution in [3.63, 3.8) is 0 Å². The van der Waals surface area contributed by atoms with Gasteiger partial charge in [-0.3, -0.25) is 9.59 Å². The minimum atomic E-state index is -0.574. The molecule has 0 bridgehead atoms. The lowest BCUT2D eigenvalue weighted by Gasteiger charge is -2.43. The predicted molar refractivity (Wildman–Crippen MR) is 109 cm³/mol. The highest BCUT2D eigenvalue weighted by Gasteiger charge is 2.41. The van der Waals surface area contributed by atoms with E-state index >= 15 is 0 Å². The maximum atomic E-state index is 12.3. The number of hydrogen-bond donors (Lipinski definition) is 1. The quantitative estimate of drug-likeness (QED) is 0.369. The zero-order valence-corrected chi connectivity index (χ0v) is 16.9. The number of ether oxygens (including phenoxy) is 1. The molecule has 0 aromatic rings. The number of esters is 1. The van der Waals surface area contributed by atoms with Crippen molar-refractivity contribution < 1.29 is 19.4 Å². The summed E-state index contributed by atoms with van der Waals surface area (Å²) in [6.45, 7) is 6.04. The van der Waals surface area contributed by atoms with Gasteiger partial charge in [-0.2, -0.15) is 0 Å². The van der Waals surface area contributed by atoms with Gasteiger partial charge in [0.05, 0.1) is 5.76 Å². The average molecular weight is 383 g/mol. The molecule has 0 fully saturated rings. The number of hydrogen-bond acceptors (Lipinski definition) is 4. The number of ketones is 1. The standard InChI is InChI=1S/C24H30O4/c1-15-8-10-21-18(12-15)9-11-20-16(2)6-4-5-7-17(3)28-23(27)14-19(25)13-22(26)24(20)21/h4-9,11,13,16-18,20-21,24,26H,10,12,14H2,1-3H3/t16-,17+,18-,20+,21-,24-/m0/s1. The van der Waals surface area contributed by atoms with E-state index in [4.69, 9.17) is 4.74 Å². The Balaban J connectivity index is 1.98. The Hall–Kier alpha value is -2.36. The van der Waals surface area contributed by atoms with Crippen LogP contribution in [0.1, 0.15) is 40.0 Å². The number of aliphatic hydroxyl groups excluding tert-OH is 1. The Labute approximate surface area is 167 Å². The third kappa shape index (κ3) is 4.73. The van der Waals surface area contributed by atoms with Crippen molar-refractivity contribution in [1.29, 1.82) is 0 Å². The van der Waals surface area contributed by atoms with Crippen molar-refractivity contribution >= 4 is 11.8 Å². The van der Waals surface area contributed by atoms with Gasteiger partial charge in [-0.1, -0.05) is 49.0 Å². The molecule has 0 aromatic carbocycles. The molecule has 150 valence electrons. The van der Waals surface area contributed by atoms with E-state index in [-0.39, 0.29) is 35.9 Å². The van der Waals surface area contributed by atoms with Crippen LogP contribution in [0, 0.1) is 29.6 Å². The summed E-state index contributed by atoms with van der Waals surface area (Å²) in [6.07, 6.45) is 16.9. The van der Waals surface area contributed by atoms with Crippen LogP contribution in [0.25, 0.3) is 0 Å². The Morgan fingerprint density at radius 3 is 2.61 bits per heavy atom. The van der Waals surface area contributed by atoms with Crippen molar-refractivity contribution in [2.45, 2.75) is 46.1 Å². The van der Waals surface area contributed by atoms with Crippen molar-refractivity contribution in [3.05, 3.63) is 59.9 Å². The van der Waals surface area contributed by atoms with E-state index in [0.29, 0.717) is 5.92 Å². The first-order valence-electron chi connectivity index (χ1n) is 10.2. The minimum Gasteiger partial charge on any atom is -0.512 e. The fourth-order valence-electron chi connectivity index (χ4n) is 4.67. The molecule has 0 radical (unpaired) electrons. The van der Waals surface area contributed by atoms with Gasteiger partial charge in [0.25, 0.3) is 0 Å². The van der Waals surface area contributed by atoms with Gasteiger partial charge in [-0.05, 0) is 56.4 Å². The summed E-state index contributed by atoms with van der Waals surface area (Å²) < 4.78 is 5.22. The van der Waals surface area contributed by atoms with Crippen LogP contribution in [0.2, 0.25) is 0 Å². The minimum absolute atomic E-state index is 0.0935. The molecule has 3 aliphatic rings. The Morgan fingerprint density at radius 1 is 1.07 bits per heavy atom. The zero-order valence-electron chi connectivity index (χ0n) is 16.9. The van der Waals surface area contributed by atoms with Crippen molar-refractivity contribution in [3.8, 4) is 0 Å². The molecule has 0 saturated heterocycles. The summed E-state index contributed by atoms with van der Waals surface area (Å²) in [4.78, 5) is 24.3. The topological polar surface area (TPSA) is 63.6 Å². The summed E-state index contributed by atoms with van der Waals surface area (Å²) in [5.41, 5.74) is 1.37. The van der Waals surface area contributed by atoms with Gasteiger partial charge in [0.2, 0.25) is 0 Å². The first-order chi connectivity index (χ1) is 13.3. The van der Waals surface area contributed by atoms with Gasteiger partial charge in [-0.15, -0.1) is 0 Å². The largest absolute Gasteiger partial charge is 0.512 e. The Kier molecular flexibility index (Phi) is 6.38. The number of aliphatic hydroxyl groups is 1. The van der Waals surface area contributed by atoms with Crippen molar-refractivity contribution in [1.82, 2.24) is 0 Å². The lowest BCUT2D eigenvalue weighted by molar-refractivity contribution is -0.147. The lowest BCUT2D eigenvalue weighted by Crippen LogP contribution is -2.37. The summed E-state index contributed by atoms with van der Waals surface area (Å²) in [6, 6.07) is 0. The lowest BCUT2D eigenvalue weighted by atomic mass is 9.62. The number of carbonyl (C=O) groups is 2. The van der Waals surface area contributed by atoms with Gasteiger partial charge in [0.15, 0.2) is 5.78 Å². The van der Waals surface area contributed by atoms with E-state index in [1.54, 1.807) is 13.0 Å². The second-order valence-electron chi connectivity index (χ2n) is 8.34. The molecule has 2 aliphatic carbocycles. The van der Waals surface area contributed by atoms with Crippen molar-refractivity contribution in [2.75, 3.05) is 0 Å². The third-order valence-electron chi connectivity index (χ3n) is 6.10. The normalized spacial score (nSPS) is 36.5. The first-order valence-corrected chi connectivity index (χ1v) is 10.2. The van der Waals surface area contributed by atoms with E-state index < -0.39 is 17.9 Å². The van der Waals surface area contributed by atoms with E-state index in [0.717, 1.165) is 12.8 Å². The average Bonchev–Trinajstić information content (AvgIpc) is 2.62. The van der Waals surface area contributed by atoms with Gasteiger partial charge in [-0.25, -0.2) is 0 Å². The molecular weight excluding hydrogens is 352 g/mol. The molecule has 1 heterocycles. The van der Waals surface area contributed by atoms with Gasteiger partial charge >= 0.3 is 5.97 Å². The number of cyclic esters (lactones) is 1. The SMILES string of the molecule is CC1=CC[C@@H]2[C@H]3C(O)=CC(=O)CC(=O)O[C@H](C)C=CC=C[C@H](C)[C@H]3C=C[C@H]2C1. The highest BCUT2D eigenvalue weighted by molar-refractivity contribution is 6.02. The van der Waals surface area contributed by atoms with Crippen LogP contribution in [0.15, 0.2) is 59.9 Å². The summed E-state index contributed by atoms with van der Waals surface area (Å²) in [5.74, 6) is -0.0898. The van der Waals surface area contributed by atoms with Crippen LogP contribution >= 0.6 is 0 Å². The molecule has 0 amide bonds. The molecule has 0 unspecified atom stereocenters. The van der Waals surface area contributed by atoms with Crippen LogP contribution in [-0.4, -0.2) is 23.0 Å². The molecule has 0 saturated carbocycles. The molecule has 1 aliphatic heterocycles. The van der Waals surface area contributed by atoms with Crippen LogP contribution in [-0.2, 0) is 14.3 Å². The van der Waals surface area contributed by atoms with Crippen LogP contribution in [0.3, 0.4) is 0 Å². The molecule has 0 spiro atoms. The zero-order chi connectivity index (χ0) is 20.3. The predicted octanol–water partition coefficient (Wildman–Crippen LogP) is 4.86. The highest BCUT2D eigenvalue weighted by Crippen LogP contribution is 2.47. The molecule has 4 nitrogen and oxygen atoms in total. The number of fused-ring (bicyclic) bond motifs is 3. The van der Waals surface area contributed by atoms with E-state index in [1.807, 2.05) is 12.2 Å². The van der Waals surface area contributed by atoms with Gasteiger partial charge in [0, 0.05) is 12.0 Å². The molecule has 1 N–H and O–H groups in total. The third-order valence-corrected chi connectivity index (χ3v) is 6.10. The highest BCUT2D eigenvalue weighted by atomic mass is 16.5. The Morgan fingerprint density at radius 2 is 1.82 bits per heavy atom. The van der Waals surface area contributed by atoms with E-state index in [2.05, 4.69) is 38.2 Å². The summed E-state index contributed by atoms with van der Waals surface area (Å²) in [5, 5.41) is 10.9. The van der Waals surface area contributed by atoms with Crippen LogP contribution < -0.4 is 0 Å². The maximum Gasteiger partial charge on any atom is 0.314 e. The smallest absolute Gasteiger partial charge is 0.314 e.